The van der Waals surface area contributed by atoms with Gasteiger partial charge in [-0.25, -0.2) is 0 Å². The van der Waals surface area contributed by atoms with Crippen molar-refractivity contribution in [1.82, 2.24) is 0 Å². The largest absolute Gasteiger partial charge is 0.425 e. The maximum atomic E-state index is 11.6. The molecular formula is C15H12O2. The Morgan fingerprint density at radius 3 is 2.53 bits per heavy atom. The van der Waals surface area contributed by atoms with Gasteiger partial charge in [0.1, 0.15) is 5.75 Å². The normalized spacial score (nSPS) is 17.7. The lowest BCUT2D eigenvalue weighted by molar-refractivity contribution is -0.133. The molecular weight excluding hydrogens is 212 g/mol. The zero-order valence-electron chi connectivity index (χ0n) is 9.51. The van der Waals surface area contributed by atoms with E-state index in [0.717, 1.165) is 22.4 Å². The predicted molar refractivity (Wildman–Crippen MR) is 65.9 cm³/mol. The van der Waals surface area contributed by atoms with Crippen LogP contribution in [0.5, 0.6) is 5.75 Å². The number of esters is 1. The summed E-state index contributed by atoms with van der Waals surface area (Å²) in [6.07, 6.45) is 0. The Morgan fingerprint density at radius 2 is 1.76 bits per heavy atom. The van der Waals surface area contributed by atoms with Gasteiger partial charge in [0.15, 0.2) is 0 Å². The van der Waals surface area contributed by atoms with Gasteiger partial charge in [0.25, 0.3) is 0 Å². The fourth-order valence-electron chi connectivity index (χ4n) is 2.17. The second kappa shape index (κ2) is 3.74. The molecule has 1 unspecified atom stereocenters. The molecule has 0 N–H and O–H groups in total. The van der Waals surface area contributed by atoms with E-state index in [1.165, 1.54) is 0 Å². The van der Waals surface area contributed by atoms with Crippen LogP contribution >= 0.6 is 0 Å². The summed E-state index contributed by atoms with van der Waals surface area (Å²) >= 11 is 0. The van der Waals surface area contributed by atoms with Gasteiger partial charge in [0, 0.05) is 11.1 Å². The highest BCUT2D eigenvalue weighted by Crippen LogP contribution is 2.41. The third-order valence-corrected chi connectivity index (χ3v) is 3.15. The third kappa shape index (κ3) is 1.53. The zero-order valence-corrected chi connectivity index (χ0v) is 9.51. The summed E-state index contributed by atoms with van der Waals surface area (Å²) in [4.78, 5) is 11.6. The number of carbonyl (C=O) groups excluding carboxylic acids is 1. The number of rotatable bonds is 1. The summed E-state index contributed by atoms with van der Waals surface area (Å²) in [6.45, 7) is 1.88. The smallest absolute Gasteiger partial charge is 0.318 e. The third-order valence-electron chi connectivity index (χ3n) is 3.15. The molecule has 0 radical (unpaired) electrons. The predicted octanol–water partition coefficient (Wildman–Crippen LogP) is 3.38. The Balaban J connectivity index is 2.19. The molecule has 2 nitrogen and oxygen atoms in total. The van der Waals surface area contributed by atoms with Gasteiger partial charge in [-0.15, -0.1) is 0 Å². The SMILES string of the molecule is CC1C(=O)Oc2c(-c3ccccc3)cccc21. The first-order chi connectivity index (χ1) is 8.27. The highest BCUT2D eigenvalue weighted by atomic mass is 16.5. The van der Waals surface area contributed by atoms with E-state index in [2.05, 4.69) is 0 Å². The molecule has 0 aliphatic carbocycles. The van der Waals surface area contributed by atoms with Crippen molar-refractivity contribution < 1.29 is 9.53 Å². The van der Waals surface area contributed by atoms with Crippen LogP contribution < -0.4 is 4.74 Å². The summed E-state index contributed by atoms with van der Waals surface area (Å²) in [7, 11) is 0. The molecule has 3 rings (SSSR count). The molecule has 1 atom stereocenters. The second-order valence-electron chi connectivity index (χ2n) is 4.23. The Morgan fingerprint density at radius 1 is 1.00 bits per heavy atom. The Bertz CT molecular complexity index is 573. The average molecular weight is 224 g/mol. The van der Waals surface area contributed by atoms with E-state index in [-0.39, 0.29) is 11.9 Å². The molecule has 84 valence electrons. The summed E-state index contributed by atoms with van der Waals surface area (Å²) in [5.41, 5.74) is 3.04. The lowest BCUT2D eigenvalue weighted by Crippen LogP contribution is -2.05. The summed E-state index contributed by atoms with van der Waals surface area (Å²) < 4.78 is 5.37. The molecule has 17 heavy (non-hydrogen) atoms. The number of benzene rings is 2. The minimum atomic E-state index is -0.164. The number of ether oxygens (including phenoxy) is 1. The van der Waals surface area contributed by atoms with E-state index in [9.17, 15) is 4.79 Å². The van der Waals surface area contributed by atoms with Crippen molar-refractivity contribution in [3.8, 4) is 16.9 Å². The topological polar surface area (TPSA) is 26.3 Å². The van der Waals surface area contributed by atoms with Gasteiger partial charge in [-0.3, -0.25) is 4.79 Å². The maximum Gasteiger partial charge on any atom is 0.318 e. The Hall–Kier alpha value is -2.09. The van der Waals surface area contributed by atoms with E-state index in [1.807, 2.05) is 55.5 Å². The number of fused-ring (bicyclic) bond motifs is 1. The van der Waals surface area contributed by atoms with Gasteiger partial charge in [0.2, 0.25) is 0 Å². The van der Waals surface area contributed by atoms with Crippen LogP contribution in [0.25, 0.3) is 11.1 Å². The molecule has 2 aromatic rings. The van der Waals surface area contributed by atoms with E-state index < -0.39 is 0 Å². The standard InChI is InChI=1S/C15H12O2/c1-10-12-8-5-9-13(14(12)17-15(10)16)11-6-3-2-4-7-11/h2-10H,1H3. The van der Waals surface area contributed by atoms with Crippen LogP contribution in [0.15, 0.2) is 48.5 Å². The van der Waals surface area contributed by atoms with Crippen molar-refractivity contribution in [3.63, 3.8) is 0 Å². The molecule has 0 saturated heterocycles. The van der Waals surface area contributed by atoms with E-state index in [0.29, 0.717) is 0 Å². The van der Waals surface area contributed by atoms with Crippen molar-refractivity contribution in [2.45, 2.75) is 12.8 Å². The van der Waals surface area contributed by atoms with Crippen molar-refractivity contribution in [1.29, 1.82) is 0 Å². The zero-order chi connectivity index (χ0) is 11.8. The molecule has 0 saturated carbocycles. The van der Waals surface area contributed by atoms with Crippen molar-refractivity contribution in [2.24, 2.45) is 0 Å². The quantitative estimate of drug-likeness (QED) is 0.548. The van der Waals surface area contributed by atoms with Crippen LogP contribution in [-0.2, 0) is 4.79 Å². The van der Waals surface area contributed by atoms with Gasteiger partial charge in [-0.05, 0) is 12.5 Å². The fourth-order valence-corrected chi connectivity index (χ4v) is 2.17. The Kier molecular flexibility index (Phi) is 2.22. The molecule has 1 aliphatic heterocycles. The van der Waals surface area contributed by atoms with Crippen molar-refractivity contribution in [3.05, 3.63) is 54.1 Å². The molecule has 0 fully saturated rings. The Labute approximate surface area is 99.9 Å². The minimum Gasteiger partial charge on any atom is -0.425 e. The molecule has 0 bridgehead atoms. The average Bonchev–Trinajstić information content (AvgIpc) is 2.67. The molecule has 0 spiro atoms. The maximum absolute atomic E-state index is 11.6. The van der Waals surface area contributed by atoms with Crippen LogP contribution in [0.1, 0.15) is 18.4 Å². The number of carbonyl (C=O) groups is 1. The monoisotopic (exact) mass is 224 g/mol. The number of hydrogen-bond donors (Lipinski definition) is 0. The van der Waals surface area contributed by atoms with Gasteiger partial charge < -0.3 is 4.74 Å². The molecule has 0 amide bonds. The first-order valence-corrected chi connectivity index (χ1v) is 5.67. The van der Waals surface area contributed by atoms with Crippen LogP contribution in [-0.4, -0.2) is 5.97 Å². The van der Waals surface area contributed by atoms with Gasteiger partial charge >= 0.3 is 5.97 Å². The van der Waals surface area contributed by atoms with Crippen LogP contribution in [0, 0.1) is 0 Å². The summed E-state index contributed by atoms with van der Waals surface area (Å²) in [6, 6.07) is 15.9. The van der Waals surface area contributed by atoms with Gasteiger partial charge in [0.05, 0.1) is 5.92 Å². The van der Waals surface area contributed by atoms with Gasteiger partial charge in [-0.2, -0.15) is 0 Å². The fraction of sp³-hybridized carbons (Fsp3) is 0.133. The highest BCUT2D eigenvalue weighted by molar-refractivity contribution is 5.90. The summed E-state index contributed by atoms with van der Waals surface area (Å²) in [5.74, 6) is 0.397. The van der Waals surface area contributed by atoms with Crippen molar-refractivity contribution >= 4 is 5.97 Å². The minimum absolute atomic E-state index is 0.159. The molecule has 1 heterocycles. The van der Waals surface area contributed by atoms with Crippen LogP contribution in [0.3, 0.4) is 0 Å². The molecule has 2 heteroatoms. The van der Waals surface area contributed by atoms with Gasteiger partial charge in [-0.1, -0.05) is 48.5 Å². The molecule has 2 aromatic carbocycles. The lowest BCUT2D eigenvalue weighted by Gasteiger charge is -2.06. The summed E-state index contributed by atoms with van der Waals surface area (Å²) in [5, 5.41) is 0. The first-order valence-electron chi connectivity index (χ1n) is 5.67. The second-order valence-corrected chi connectivity index (χ2v) is 4.23. The highest BCUT2D eigenvalue weighted by Gasteiger charge is 2.31. The first kappa shape index (κ1) is 10.1. The number of para-hydroxylation sites is 1. The van der Waals surface area contributed by atoms with E-state index >= 15 is 0 Å². The lowest BCUT2D eigenvalue weighted by atomic mass is 9.97. The number of hydrogen-bond acceptors (Lipinski definition) is 2. The van der Waals surface area contributed by atoms with Crippen LogP contribution in [0.4, 0.5) is 0 Å². The molecule has 0 aromatic heterocycles. The van der Waals surface area contributed by atoms with E-state index in [4.69, 9.17) is 4.74 Å². The van der Waals surface area contributed by atoms with Crippen molar-refractivity contribution in [2.75, 3.05) is 0 Å². The molecule has 1 aliphatic rings. The van der Waals surface area contributed by atoms with E-state index in [1.54, 1.807) is 0 Å². The van der Waals surface area contributed by atoms with Crippen LogP contribution in [0.2, 0.25) is 0 Å².